The van der Waals surface area contributed by atoms with Crippen LogP contribution in [0.3, 0.4) is 0 Å². The second kappa shape index (κ2) is 14.0. The van der Waals surface area contributed by atoms with Crippen molar-refractivity contribution in [3.63, 3.8) is 0 Å². The number of rotatable bonds is 15. The van der Waals surface area contributed by atoms with Crippen LogP contribution in [0.25, 0.3) is 0 Å². The molecule has 6 atom stereocenters. The minimum Gasteiger partial charge on any atom is -0.497 e. The second-order valence-corrected chi connectivity index (χ2v) is 11.3. The van der Waals surface area contributed by atoms with E-state index in [0.717, 1.165) is 31.9 Å². The Morgan fingerprint density at radius 1 is 1.09 bits per heavy atom. The fourth-order valence-electron chi connectivity index (χ4n) is 4.82. The molecule has 1 aliphatic carbocycles. The van der Waals surface area contributed by atoms with Crippen LogP contribution in [0.1, 0.15) is 64.7 Å². The number of benzene rings is 1. The fraction of sp³-hybridized carbons (Fsp3) is 0.720. The Morgan fingerprint density at radius 3 is 2.37 bits per heavy atom. The third kappa shape index (κ3) is 10.3. The molecule has 200 valence electrons. The monoisotopic (exact) mass is 515 g/mol. The number of ether oxygens (including phenoxy) is 2. The topological polar surface area (TPSA) is 142 Å². The lowest BCUT2D eigenvalue weighted by Crippen LogP contribution is -2.31. The minimum atomic E-state index is -3.52. The van der Waals surface area contributed by atoms with E-state index < -0.39 is 40.3 Å². The predicted molar refractivity (Wildman–Crippen MR) is 133 cm³/mol. The standard InChI is InChI=1S/C25H41NO8S/c1-17(34-19-10-8-9-18(15-19)33-2)22(27)14-13-21-20(23(28)16-24(21)29)11-6-4-5-7-12-25(30)26-35(3,31)32/h8-10,15,17,20-24,27-29H,4-7,11-14,16H2,1-3H3,(H,26,30). The molecule has 1 saturated carbocycles. The van der Waals surface area contributed by atoms with E-state index in [1.165, 1.54) is 0 Å². The molecule has 0 bridgehead atoms. The number of amides is 1. The minimum absolute atomic E-state index is 0.0414. The number of hydrogen-bond donors (Lipinski definition) is 4. The summed E-state index contributed by atoms with van der Waals surface area (Å²) in [5.41, 5.74) is 0. The number of nitrogens with one attached hydrogen (secondary N) is 1. The molecule has 0 aliphatic heterocycles. The number of carbonyl (C=O) groups excluding carboxylic acids is 1. The van der Waals surface area contributed by atoms with E-state index in [2.05, 4.69) is 0 Å². The first-order chi connectivity index (χ1) is 16.5. The van der Waals surface area contributed by atoms with Crippen LogP contribution < -0.4 is 14.2 Å². The van der Waals surface area contributed by atoms with Crippen LogP contribution in [-0.4, -0.2) is 67.4 Å². The number of carbonyl (C=O) groups is 1. The van der Waals surface area contributed by atoms with Gasteiger partial charge in [0.2, 0.25) is 15.9 Å². The molecule has 0 radical (unpaired) electrons. The molecule has 10 heteroatoms. The van der Waals surface area contributed by atoms with Gasteiger partial charge in [0.25, 0.3) is 0 Å². The quantitative estimate of drug-likeness (QED) is 0.261. The molecule has 35 heavy (non-hydrogen) atoms. The maximum absolute atomic E-state index is 11.5. The summed E-state index contributed by atoms with van der Waals surface area (Å²) < 4.78 is 35.1. The summed E-state index contributed by atoms with van der Waals surface area (Å²) in [4.78, 5) is 11.5. The summed E-state index contributed by atoms with van der Waals surface area (Å²) in [6.45, 7) is 1.80. The van der Waals surface area contributed by atoms with E-state index in [9.17, 15) is 28.5 Å². The highest BCUT2D eigenvalue weighted by Gasteiger charge is 2.41. The van der Waals surface area contributed by atoms with Crippen LogP contribution in [0.15, 0.2) is 24.3 Å². The molecular weight excluding hydrogens is 474 g/mol. The summed E-state index contributed by atoms with van der Waals surface area (Å²) in [6, 6.07) is 7.20. The Morgan fingerprint density at radius 2 is 1.71 bits per heavy atom. The molecule has 6 unspecified atom stereocenters. The Balaban J connectivity index is 1.74. The highest BCUT2D eigenvalue weighted by molar-refractivity contribution is 7.89. The summed E-state index contributed by atoms with van der Waals surface area (Å²) >= 11 is 0. The molecule has 1 aromatic rings. The molecule has 0 aromatic heterocycles. The smallest absolute Gasteiger partial charge is 0.233 e. The predicted octanol–water partition coefficient (Wildman–Crippen LogP) is 2.38. The van der Waals surface area contributed by atoms with Crippen molar-refractivity contribution >= 4 is 15.9 Å². The third-order valence-electron chi connectivity index (χ3n) is 6.71. The fourth-order valence-corrected chi connectivity index (χ4v) is 5.34. The summed E-state index contributed by atoms with van der Waals surface area (Å²) in [6.07, 6.45) is 3.99. The average Bonchev–Trinajstić information content (AvgIpc) is 3.05. The molecule has 2 rings (SSSR count). The zero-order valence-corrected chi connectivity index (χ0v) is 21.7. The Kier molecular flexibility index (Phi) is 11.7. The molecule has 1 fully saturated rings. The molecule has 0 saturated heterocycles. The number of hydrogen-bond acceptors (Lipinski definition) is 8. The van der Waals surface area contributed by atoms with Crippen molar-refractivity contribution in [2.24, 2.45) is 11.8 Å². The average molecular weight is 516 g/mol. The lowest BCUT2D eigenvalue weighted by molar-refractivity contribution is -0.119. The van der Waals surface area contributed by atoms with Crippen molar-refractivity contribution in [3.8, 4) is 11.5 Å². The highest BCUT2D eigenvalue weighted by Crippen LogP contribution is 2.39. The molecule has 1 aliphatic rings. The van der Waals surface area contributed by atoms with Crippen molar-refractivity contribution in [1.29, 1.82) is 0 Å². The number of aliphatic hydroxyl groups excluding tert-OH is 3. The van der Waals surface area contributed by atoms with Gasteiger partial charge in [0.1, 0.15) is 17.6 Å². The van der Waals surface area contributed by atoms with E-state index in [0.29, 0.717) is 37.2 Å². The van der Waals surface area contributed by atoms with E-state index in [1.54, 1.807) is 26.2 Å². The van der Waals surface area contributed by atoms with Crippen molar-refractivity contribution in [3.05, 3.63) is 24.3 Å². The Hall–Kier alpha value is -1.88. The van der Waals surface area contributed by atoms with Gasteiger partial charge in [0.15, 0.2) is 0 Å². The zero-order chi connectivity index (χ0) is 26.0. The third-order valence-corrected chi connectivity index (χ3v) is 7.31. The van der Waals surface area contributed by atoms with E-state index in [1.807, 2.05) is 16.9 Å². The van der Waals surface area contributed by atoms with Gasteiger partial charge in [-0.1, -0.05) is 25.3 Å². The lowest BCUT2D eigenvalue weighted by Gasteiger charge is -2.26. The first kappa shape index (κ1) is 29.4. The van der Waals surface area contributed by atoms with Gasteiger partial charge in [-0.05, 0) is 63.0 Å². The molecular formula is C25H41NO8S. The Bertz CT molecular complexity index is 893. The largest absolute Gasteiger partial charge is 0.497 e. The van der Waals surface area contributed by atoms with E-state index in [-0.39, 0.29) is 18.3 Å². The second-order valence-electron chi connectivity index (χ2n) is 9.60. The van der Waals surface area contributed by atoms with Crippen LogP contribution in [0, 0.1) is 11.8 Å². The maximum Gasteiger partial charge on any atom is 0.233 e. The number of sulfonamides is 1. The number of methoxy groups -OCH3 is 1. The van der Waals surface area contributed by atoms with Gasteiger partial charge in [0, 0.05) is 12.5 Å². The molecule has 1 aromatic carbocycles. The van der Waals surface area contributed by atoms with E-state index in [4.69, 9.17) is 9.47 Å². The van der Waals surface area contributed by atoms with Gasteiger partial charge in [-0.25, -0.2) is 8.42 Å². The van der Waals surface area contributed by atoms with Gasteiger partial charge < -0.3 is 24.8 Å². The zero-order valence-electron chi connectivity index (χ0n) is 20.9. The van der Waals surface area contributed by atoms with Gasteiger partial charge >= 0.3 is 0 Å². The van der Waals surface area contributed by atoms with Crippen LogP contribution in [0.2, 0.25) is 0 Å². The summed E-state index contributed by atoms with van der Waals surface area (Å²) in [7, 11) is -1.94. The first-order valence-corrected chi connectivity index (χ1v) is 14.2. The first-order valence-electron chi connectivity index (χ1n) is 12.4. The van der Waals surface area contributed by atoms with Crippen LogP contribution in [-0.2, 0) is 14.8 Å². The van der Waals surface area contributed by atoms with Crippen LogP contribution in [0.4, 0.5) is 0 Å². The molecule has 9 nitrogen and oxygen atoms in total. The SMILES string of the molecule is COc1cccc(OC(C)C(O)CCC2C(O)CC(O)C2CCCCCCC(=O)NS(C)(=O)=O)c1. The van der Waals surface area contributed by atoms with Crippen LogP contribution >= 0.6 is 0 Å². The maximum atomic E-state index is 11.5. The highest BCUT2D eigenvalue weighted by atomic mass is 32.2. The van der Waals surface area contributed by atoms with Gasteiger partial charge in [-0.2, -0.15) is 0 Å². The normalized spacial score (nSPS) is 24.1. The molecule has 0 spiro atoms. The van der Waals surface area contributed by atoms with Crippen molar-refractivity contribution in [2.75, 3.05) is 13.4 Å². The molecule has 1 amide bonds. The van der Waals surface area contributed by atoms with Gasteiger partial charge in [-0.15, -0.1) is 0 Å². The lowest BCUT2D eigenvalue weighted by atomic mass is 9.84. The van der Waals surface area contributed by atoms with Gasteiger partial charge in [0.05, 0.1) is 31.7 Å². The van der Waals surface area contributed by atoms with E-state index >= 15 is 0 Å². The number of aliphatic hydroxyl groups is 3. The van der Waals surface area contributed by atoms with Gasteiger partial charge in [-0.3, -0.25) is 9.52 Å². The molecule has 4 N–H and O–H groups in total. The molecule has 0 heterocycles. The summed E-state index contributed by atoms with van der Waals surface area (Å²) in [5.74, 6) is 0.654. The Labute approximate surface area is 208 Å². The van der Waals surface area contributed by atoms with Crippen LogP contribution in [0.5, 0.6) is 11.5 Å². The van der Waals surface area contributed by atoms with Crippen molar-refractivity contribution < 1.29 is 38.0 Å². The van der Waals surface area contributed by atoms with Crippen molar-refractivity contribution in [2.45, 2.75) is 89.1 Å². The van der Waals surface area contributed by atoms with Crippen molar-refractivity contribution in [1.82, 2.24) is 4.72 Å². The summed E-state index contributed by atoms with van der Waals surface area (Å²) in [5, 5.41) is 31.6. The number of unbranched alkanes of at least 4 members (excludes halogenated alkanes) is 3.